The fourth-order valence-corrected chi connectivity index (χ4v) is 3.13. The molecule has 0 bridgehead atoms. The zero-order valence-corrected chi connectivity index (χ0v) is 14.9. The lowest BCUT2D eigenvalue weighted by atomic mass is 10.2. The molecule has 1 aromatic carbocycles. The van der Waals surface area contributed by atoms with Crippen LogP contribution in [0.5, 0.6) is 5.75 Å². The van der Waals surface area contributed by atoms with Crippen LogP contribution >= 0.6 is 34.5 Å². The molecule has 0 atom stereocenters. The summed E-state index contributed by atoms with van der Waals surface area (Å²) >= 11 is 12.9. The first-order chi connectivity index (χ1) is 11.5. The molecule has 24 heavy (non-hydrogen) atoms. The zero-order valence-electron chi connectivity index (χ0n) is 12.6. The zero-order chi connectivity index (χ0) is 17.7. The van der Waals surface area contributed by atoms with Gasteiger partial charge >= 0.3 is 5.97 Å². The van der Waals surface area contributed by atoms with Gasteiger partial charge in [0, 0.05) is 0 Å². The summed E-state index contributed by atoms with van der Waals surface area (Å²) in [5, 5.41) is 18.0. The van der Waals surface area contributed by atoms with Crippen LogP contribution < -0.4 is 4.74 Å². The van der Waals surface area contributed by atoms with E-state index in [-0.39, 0.29) is 15.6 Å². The van der Waals surface area contributed by atoms with Gasteiger partial charge in [-0.1, -0.05) is 23.2 Å². The number of esters is 1. The third-order valence-electron chi connectivity index (χ3n) is 2.85. The summed E-state index contributed by atoms with van der Waals surface area (Å²) in [6, 6.07) is 8.08. The number of nitrogens with zero attached hydrogens (tertiary/aromatic N) is 2. The number of thiophene rings is 1. The second-order valence-electron chi connectivity index (χ2n) is 4.32. The third-order valence-corrected chi connectivity index (χ3v) is 4.34. The molecule has 0 aliphatic heterocycles. The van der Waals surface area contributed by atoms with Crippen molar-refractivity contribution in [1.29, 1.82) is 0 Å². The van der Waals surface area contributed by atoms with Crippen molar-refractivity contribution in [3.63, 3.8) is 0 Å². The summed E-state index contributed by atoms with van der Waals surface area (Å²) in [5.74, 6) is -0.671. The summed E-state index contributed by atoms with van der Waals surface area (Å²) in [5.41, 5.74) is 0.255. The Morgan fingerprint density at radius 3 is 2.38 bits per heavy atom. The Morgan fingerprint density at radius 1 is 1.21 bits per heavy atom. The molecule has 2 aromatic rings. The van der Waals surface area contributed by atoms with Crippen molar-refractivity contribution in [1.82, 2.24) is 0 Å². The first-order valence-electron chi connectivity index (χ1n) is 6.48. The number of rotatable bonds is 5. The Hall–Kier alpha value is -2.09. The van der Waals surface area contributed by atoms with E-state index in [2.05, 4.69) is 15.0 Å². The summed E-state index contributed by atoms with van der Waals surface area (Å²) in [4.78, 5) is 11.9. The van der Waals surface area contributed by atoms with Gasteiger partial charge in [-0.05, 0) is 30.3 Å². The number of carbonyl (C=O) groups excluding carboxylic acids is 1. The summed E-state index contributed by atoms with van der Waals surface area (Å²) < 4.78 is 10.2. The number of ether oxygens (including phenoxy) is 2. The number of methoxy groups -OCH3 is 2. The second kappa shape index (κ2) is 8.14. The number of halogens is 2. The van der Waals surface area contributed by atoms with Gasteiger partial charge in [-0.3, -0.25) is 0 Å². The van der Waals surface area contributed by atoms with Crippen LogP contribution in [-0.4, -0.2) is 25.3 Å². The quantitative estimate of drug-likeness (QED) is 0.329. The monoisotopic (exact) mass is 386 g/mol. The molecule has 0 aliphatic rings. The minimum Gasteiger partial charge on any atom is -0.505 e. The Balaban J connectivity index is 2.41. The van der Waals surface area contributed by atoms with Gasteiger partial charge in [0.15, 0.2) is 5.76 Å². The lowest BCUT2D eigenvalue weighted by Gasteiger charge is -2.03. The average molecular weight is 387 g/mol. The van der Waals surface area contributed by atoms with Crippen molar-refractivity contribution < 1.29 is 19.4 Å². The highest BCUT2D eigenvalue weighted by Crippen LogP contribution is 2.36. The first-order valence-corrected chi connectivity index (χ1v) is 8.06. The fraction of sp³-hybridized carbons (Fsp3) is 0.133. The van der Waals surface area contributed by atoms with Crippen LogP contribution in [0, 0.1) is 0 Å². The molecular weight excluding hydrogens is 375 g/mol. The summed E-state index contributed by atoms with van der Waals surface area (Å²) in [7, 11) is 2.71. The Labute approximate surface area is 152 Å². The normalized spacial score (nSPS) is 12.2. The van der Waals surface area contributed by atoms with Crippen LogP contribution in [0.3, 0.4) is 0 Å². The third kappa shape index (κ3) is 4.25. The second-order valence-corrected chi connectivity index (χ2v) is 6.61. The van der Waals surface area contributed by atoms with Crippen LogP contribution in [0.1, 0.15) is 5.56 Å². The van der Waals surface area contributed by atoms with Gasteiger partial charge in [-0.15, -0.1) is 16.5 Å². The van der Waals surface area contributed by atoms with E-state index in [1.54, 1.807) is 31.4 Å². The average Bonchev–Trinajstić information content (AvgIpc) is 2.93. The Morgan fingerprint density at radius 2 is 1.88 bits per heavy atom. The van der Waals surface area contributed by atoms with E-state index in [1.165, 1.54) is 13.2 Å². The number of hydrogen-bond donors (Lipinski definition) is 1. The number of benzene rings is 1. The topological polar surface area (TPSA) is 80.5 Å². The van der Waals surface area contributed by atoms with Crippen molar-refractivity contribution >= 4 is 52.0 Å². The first kappa shape index (κ1) is 18.3. The highest BCUT2D eigenvalue weighted by molar-refractivity contribution is 7.20. The van der Waals surface area contributed by atoms with Crippen molar-refractivity contribution in [3.05, 3.63) is 50.3 Å². The molecule has 0 saturated heterocycles. The van der Waals surface area contributed by atoms with E-state index >= 15 is 0 Å². The molecule has 1 heterocycles. The number of aliphatic hydroxyl groups excluding tert-OH is 1. The molecule has 0 fully saturated rings. The highest BCUT2D eigenvalue weighted by atomic mass is 35.5. The molecule has 2 rings (SSSR count). The minimum absolute atomic E-state index is 0.181. The number of carbonyl (C=O) groups is 1. The number of aliphatic hydroxyl groups is 1. The lowest BCUT2D eigenvalue weighted by molar-refractivity contribution is -0.136. The van der Waals surface area contributed by atoms with Crippen LogP contribution in [-0.2, 0) is 9.53 Å². The smallest absolute Gasteiger partial charge is 0.362 e. The van der Waals surface area contributed by atoms with Gasteiger partial charge in [-0.2, -0.15) is 5.11 Å². The van der Waals surface area contributed by atoms with Crippen LogP contribution in [0.15, 0.2) is 46.3 Å². The van der Waals surface area contributed by atoms with Gasteiger partial charge in [0.2, 0.25) is 5.70 Å². The van der Waals surface area contributed by atoms with Gasteiger partial charge in [0.25, 0.3) is 0 Å². The van der Waals surface area contributed by atoms with E-state index in [4.69, 9.17) is 27.9 Å². The maximum atomic E-state index is 11.9. The van der Waals surface area contributed by atoms with E-state index in [1.807, 2.05) is 0 Å². The lowest BCUT2D eigenvalue weighted by Crippen LogP contribution is -2.05. The summed E-state index contributed by atoms with van der Waals surface area (Å²) in [6.45, 7) is 0. The molecular formula is C15H12Cl2N2O4S. The largest absolute Gasteiger partial charge is 0.505 e. The number of azo groups is 1. The summed E-state index contributed by atoms with van der Waals surface area (Å²) in [6.07, 6.45) is 0. The molecule has 0 aliphatic carbocycles. The highest BCUT2D eigenvalue weighted by Gasteiger charge is 2.21. The molecule has 6 nitrogen and oxygen atoms in total. The molecule has 0 radical (unpaired) electrons. The van der Waals surface area contributed by atoms with Gasteiger partial charge in [0.1, 0.15) is 10.1 Å². The van der Waals surface area contributed by atoms with Crippen molar-refractivity contribution in [3.8, 4) is 5.75 Å². The minimum atomic E-state index is -0.858. The maximum absolute atomic E-state index is 11.9. The molecule has 1 aromatic heterocycles. The van der Waals surface area contributed by atoms with E-state index in [9.17, 15) is 9.90 Å². The van der Waals surface area contributed by atoms with Crippen molar-refractivity contribution in [2.24, 2.45) is 10.2 Å². The van der Waals surface area contributed by atoms with Crippen molar-refractivity contribution in [2.45, 2.75) is 0 Å². The molecule has 0 unspecified atom stereocenters. The van der Waals surface area contributed by atoms with Gasteiger partial charge < -0.3 is 14.6 Å². The molecule has 1 N–H and O–H groups in total. The molecule has 9 heteroatoms. The molecule has 0 saturated carbocycles. The predicted octanol–water partition coefficient (Wildman–Crippen LogP) is 5.25. The fourth-order valence-electron chi connectivity index (χ4n) is 1.67. The van der Waals surface area contributed by atoms with Gasteiger partial charge in [-0.25, -0.2) is 4.79 Å². The standard InChI is InChI=1S/C15H12Cl2N2O4S/c1-22-9-5-3-8(4-6-9)18-19-12(15(21)23-2)13(20)10-7-11(16)24-14(10)17/h3-7,20H,1-2H3/b13-12+,19-18?. The number of hydrogen-bond acceptors (Lipinski definition) is 7. The Bertz CT molecular complexity index is 800. The van der Waals surface area contributed by atoms with Crippen molar-refractivity contribution in [2.75, 3.05) is 14.2 Å². The van der Waals surface area contributed by atoms with E-state index in [0.29, 0.717) is 15.8 Å². The predicted molar refractivity (Wildman–Crippen MR) is 93.4 cm³/mol. The van der Waals surface area contributed by atoms with Crippen LogP contribution in [0.25, 0.3) is 5.76 Å². The van der Waals surface area contributed by atoms with Crippen LogP contribution in [0.2, 0.25) is 8.67 Å². The van der Waals surface area contributed by atoms with E-state index in [0.717, 1.165) is 11.3 Å². The maximum Gasteiger partial charge on any atom is 0.362 e. The SMILES string of the molecule is COC(=O)/C(N=Nc1ccc(OC)cc1)=C(\O)c1cc(Cl)sc1Cl. The van der Waals surface area contributed by atoms with Gasteiger partial charge in [0.05, 0.1) is 29.8 Å². The molecule has 0 amide bonds. The Kier molecular flexibility index (Phi) is 6.19. The van der Waals surface area contributed by atoms with Crippen LogP contribution in [0.4, 0.5) is 5.69 Å². The van der Waals surface area contributed by atoms with E-state index < -0.39 is 11.7 Å². The molecule has 0 spiro atoms. The molecule has 126 valence electrons.